The standard InChI is InChI=1S/C10H16N2O2.2C2H6.H2/c1-12(2)8(13)10(11-9(12)14)6-4-3-5-7-10;2*1-2;/h3-7H2,1-2H3;2*1-2H3;1H/p+1. The summed E-state index contributed by atoms with van der Waals surface area (Å²) in [6, 6.07) is -0.156. The molecular formula is C14H31N2O2+. The third kappa shape index (κ3) is 2.91. The number of amides is 3. The molecule has 4 heteroatoms. The lowest BCUT2D eigenvalue weighted by atomic mass is 9.81. The molecule has 0 unspecified atom stereocenters. The molecule has 0 atom stereocenters. The molecule has 0 aromatic rings. The molecule has 1 saturated carbocycles. The lowest BCUT2D eigenvalue weighted by Crippen LogP contribution is -2.51. The number of likely N-dealkylation sites (N-methyl/N-ethyl adjacent to an activating group) is 1. The van der Waals surface area contributed by atoms with E-state index in [1.807, 2.05) is 27.7 Å². The van der Waals surface area contributed by atoms with Gasteiger partial charge in [-0.3, -0.25) is 5.32 Å². The maximum Gasteiger partial charge on any atom is 0.424 e. The molecule has 0 radical (unpaired) electrons. The number of quaternary nitrogens is 1. The number of urea groups is 1. The summed E-state index contributed by atoms with van der Waals surface area (Å²) in [5.74, 6) is 0.0437. The van der Waals surface area contributed by atoms with Gasteiger partial charge in [0.25, 0.3) is 0 Å². The van der Waals surface area contributed by atoms with Crippen molar-refractivity contribution < 1.29 is 15.5 Å². The average Bonchev–Trinajstić information content (AvgIpc) is 2.57. The van der Waals surface area contributed by atoms with E-state index in [0.29, 0.717) is 0 Å². The van der Waals surface area contributed by atoms with Gasteiger partial charge in [-0.1, -0.05) is 47.0 Å². The first-order valence-corrected chi connectivity index (χ1v) is 7.21. The van der Waals surface area contributed by atoms with Crippen molar-refractivity contribution in [2.75, 3.05) is 14.1 Å². The van der Waals surface area contributed by atoms with Crippen LogP contribution in [-0.4, -0.2) is 36.1 Å². The molecule has 1 aliphatic carbocycles. The first kappa shape index (κ1) is 17.1. The number of carbonyl (C=O) groups excluding carboxylic acids is 2. The van der Waals surface area contributed by atoms with Gasteiger partial charge < -0.3 is 0 Å². The molecule has 1 saturated heterocycles. The molecule has 2 aliphatic rings. The third-order valence-electron chi connectivity index (χ3n) is 3.48. The number of nitrogens with zero attached hydrogens (tertiary/aromatic N) is 1. The summed E-state index contributed by atoms with van der Waals surface area (Å²) in [7, 11) is 3.34. The Kier molecular flexibility index (Phi) is 6.54. The topological polar surface area (TPSA) is 46.2 Å². The Balaban J connectivity index is 0. The lowest BCUT2D eigenvalue weighted by molar-refractivity contribution is -0.723. The number of rotatable bonds is 0. The molecular weight excluding hydrogens is 228 g/mol. The number of imide groups is 1. The summed E-state index contributed by atoms with van der Waals surface area (Å²) in [6.07, 6.45) is 4.91. The lowest BCUT2D eigenvalue weighted by Gasteiger charge is -2.28. The molecule has 3 amide bonds. The second kappa shape index (κ2) is 6.88. The predicted octanol–water partition coefficient (Wildman–Crippen LogP) is 3.31. The van der Waals surface area contributed by atoms with Gasteiger partial charge in [0.2, 0.25) is 0 Å². The van der Waals surface area contributed by atoms with E-state index in [4.69, 9.17) is 0 Å². The minimum absolute atomic E-state index is 0. The summed E-state index contributed by atoms with van der Waals surface area (Å²) in [6.45, 7) is 8.00. The zero-order chi connectivity index (χ0) is 14.4. The summed E-state index contributed by atoms with van der Waals surface area (Å²) in [5.41, 5.74) is -0.529. The Morgan fingerprint density at radius 2 is 1.44 bits per heavy atom. The molecule has 2 rings (SSSR count). The Bertz CT molecular complexity index is 298. The molecule has 1 N–H and O–H groups in total. The van der Waals surface area contributed by atoms with Crippen LogP contribution in [0, 0.1) is 0 Å². The average molecular weight is 259 g/mol. The number of hydrogen-bond acceptors (Lipinski definition) is 2. The highest BCUT2D eigenvalue weighted by Crippen LogP contribution is 2.35. The normalized spacial score (nSPS) is 23.4. The molecule has 0 bridgehead atoms. The molecule has 1 aliphatic heterocycles. The molecule has 108 valence electrons. The summed E-state index contributed by atoms with van der Waals surface area (Å²) in [4.78, 5) is 23.7. The second-order valence-corrected chi connectivity index (χ2v) is 4.83. The second-order valence-electron chi connectivity index (χ2n) is 4.83. The van der Waals surface area contributed by atoms with Gasteiger partial charge in [0.05, 0.1) is 14.1 Å². The largest absolute Gasteiger partial charge is 0.424 e. The third-order valence-corrected chi connectivity index (χ3v) is 3.48. The molecule has 4 nitrogen and oxygen atoms in total. The Morgan fingerprint density at radius 3 is 1.78 bits per heavy atom. The van der Waals surface area contributed by atoms with E-state index in [9.17, 15) is 9.59 Å². The van der Waals surface area contributed by atoms with E-state index in [2.05, 4.69) is 5.32 Å². The molecule has 1 spiro atoms. The number of nitrogens with one attached hydrogen (secondary N) is 1. The minimum atomic E-state index is -0.529. The van der Waals surface area contributed by atoms with Gasteiger partial charge in [0.1, 0.15) is 0 Å². The number of carbonyl (C=O) groups is 2. The smallest absolute Gasteiger partial charge is 0.286 e. The van der Waals surface area contributed by atoms with E-state index in [1.165, 1.54) is 6.42 Å². The molecule has 18 heavy (non-hydrogen) atoms. The van der Waals surface area contributed by atoms with Crippen LogP contribution in [0.15, 0.2) is 0 Å². The maximum absolute atomic E-state index is 12.1. The predicted molar refractivity (Wildman–Crippen MR) is 76.3 cm³/mol. The van der Waals surface area contributed by atoms with Crippen molar-refractivity contribution in [1.82, 2.24) is 5.32 Å². The number of hydrogen-bond donors (Lipinski definition) is 1. The zero-order valence-electron chi connectivity index (χ0n) is 12.8. The molecule has 2 fully saturated rings. The van der Waals surface area contributed by atoms with Gasteiger partial charge in [-0.15, -0.1) is 0 Å². The van der Waals surface area contributed by atoms with Crippen molar-refractivity contribution in [2.24, 2.45) is 0 Å². The van der Waals surface area contributed by atoms with E-state index < -0.39 is 5.54 Å². The minimum Gasteiger partial charge on any atom is -0.286 e. The highest BCUT2D eigenvalue weighted by molar-refractivity contribution is 5.97. The summed E-state index contributed by atoms with van der Waals surface area (Å²) >= 11 is 0. The van der Waals surface area contributed by atoms with Crippen molar-refractivity contribution in [1.29, 1.82) is 0 Å². The van der Waals surface area contributed by atoms with Crippen LogP contribution in [-0.2, 0) is 4.79 Å². The van der Waals surface area contributed by atoms with Crippen LogP contribution in [0.4, 0.5) is 4.79 Å². The Labute approximate surface area is 113 Å². The zero-order valence-corrected chi connectivity index (χ0v) is 12.8. The van der Waals surface area contributed by atoms with Crippen LogP contribution < -0.4 is 5.32 Å². The van der Waals surface area contributed by atoms with Gasteiger partial charge in [0, 0.05) is 1.43 Å². The maximum atomic E-state index is 12.1. The van der Waals surface area contributed by atoms with Crippen LogP contribution in [0.3, 0.4) is 0 Å². The summed E-state index contributed by atoms with van der Waals surface area (Å²) in [5, 5.41) is 2.89. The highest BCUT2D eigenvalue weighted by Gasteiger charge is 2.60. The van der Waals surface area contributed by atoms with Crippen molar-refractivity contribution >= 4 is 11.9 Å². The fraction of sp³-hybridized carbons (Fsp3) is 0.857. The van der Waals surface area contributed by atoms with E-state index >= 15 is 0 Å². The fourth-order valence-electron chi connectivity index (χ4n) is 2.52. The van der Waals surface area contributed by atoms with Crippen molar-refractivity contribution in [3.63, 3.8) is 0 Å². The van der Waals surface area contributed by atoms with E-state index in [-0.39, 0.29) is 17.8 Å². The first-order chi connectivity index (χ1) is 8.49. The van der Waals surface area contributed by atoms with Crippen molar-refractivity contribution in [2.45, 2.75) is 65.3 Å². The fourth-order valence-corrected chi connectivity index (χ4v) is 2.52. The van der Waals surface area contributed by atoms with Gasteiger partial charge in [-0.25, -0.2) is 9.59 Å². The van der Waals surface area contributed by atoms with Gasteiger partial charge in [-0.05, 0) is 12.8 Å². The van der Waals surface area contributed by atoms with Crippen LogP contribution in [0.2, 0.25) is 0 Å². The van der Waals surface area contributed by atoms with Crippen LogP contribution in [0.5, 0.6) is 0 Å². The highest BCUT2D eigenvalue weighted by atomic mass is 16.2. The first-order valence-electron chi connectivity index (χ1n) is 7.21. The van der Waals surface area contributed by atoms with E-state index in [0.717, 1.165) is 25.7 Å². The van der Waals surface area contributed by atoms with Gasteiger partial charge in [-0.2, -0.15) is 4.48 Å². The van der Waals surface area contributed by atoms with Gasteiger partial charge in [0.15, 0.2) is 5.54 Å². The monoisotopic (exact) mass is 259 g/mol. The quantitative estimate of drug-likeness (QED) is 0.536. The van der Waals surface area contributed by atoms with Crippen LogP contribution in [0.1, 0.15) is 61.2 Å². The van der Waals surface area contributed by atoms with E-state index in [1.54, 1.807) is 14.1 Å². The van der Waals surface area contributed by atoms with Crippen LogP contribution >= 0.6 is 0 Å². The van der Waals surface area contributed by atoms with Crippen molar-refractivity contribution in [3.05, 3.63) is 0 Å². The molecule has 0 aromatic heterocycles. The van der Waals surface area contributed by atoms with Crippen molar-refractivity contribution in [3.8, 4) is 0 Å². The molecule has 1 heterocycles. The van der Waals surface area contributed by atoms with Crippen LogP contribution in [0.25, 0.3) is 0 Å². The SMILES string of the molecule is CC.CC.C[N+]1(C)C(=O)NC2(CCCCC2)C1=O.[HH]. The molecule has 0 aromatic carbocycles. The summed E-state index contributed by atoms with van der Waals surface area (Å²) < 4.78 is -0.139. The Hall–Kier alpha value is -0.900. The Morgan fingerprint density at radius 1 is 1.00 bits per heavy atom. The van der Waals surface area contributed by atoms with Gasteiger partial charge >= 0.3 is 11.9 Å².